The lowest BCUT2D eigenvalue weighted by molar-refractivity contribution is 0.181. The quantitative estimate of drug-likeness (QED) is 0.378. The Labute approximate surface area is 179 Å². The van der Waals surface area contributed by atoms with Crippen molar-refractivity contribution in [1.82, 2.24) is 15.1 Å². The smallest absolute Gasteiger partial charge is 0.194 e. The molecular formula is C20H32FIN4O. The lowest BCUT2D eigenvalue weighted by atomic mass is 10.1. The van der Waals surface area contributed by atoms with Gasteiger partial charge in [-0.3, -0.25) is 4.90 Å². The molecule has 2 heterocycles. The van der Waals surface area contributed by atoms with Crippen LogP contribution < -0.4 is 5.32 Å². The number of ether oxygens (including phenoxy) is 1. The maximum absolute atomic E-state index is 13.8. The van der Waals surface area contributed by atoms with Crippen molar-refractivity contribution in [2.45, 2.75) is 45.4 Å². The first kappa shape index (κ1) is 22.4. The molecule has 2 aliphatic heterocycles. The second kappa shape index (κ2) is 11.2. The molecular weight excluding hydrogens is 458 g/mol. The summed E-state index contributed by atoms with van der Waals surface area (Å²) in [4.78, 5) is 9.80. The number of rotatable bonds is 6. The molecule has 152 valence electrons. The van der Waals surface area contributed by atoms with E-state index in [1.54, 1.807) is 13.2 Å². The molecule has 1 aromatic carbocycles. The summed E-state index contributed by atoms with van der Waals surface area (Å²) >= 11 is 0. The van der Waals surface area contributed by atoms with Gasteiger partial charge in [0.1, 0.15) is 5.82 Å². The number of likely N-dealkylation sites (tertiary alicyclic amines) is 2. The third-order valence-corrected chi connectivity index (χ3v) is 5.28. The minimum absolute atomic E-state index is 0. The van der Waals surface area contributed by atoms with Crippen LogP contribution in [0, 0.1) is 5.82 Å². The number of halogens is 2. The number of nitrogens with one attached hydrogen (secondary N) is 1. The molecule has 1 N–H and O–H groups in total. The lowest BCUT2D eigenvalue weighted by Gasteiger charge is -2.25. The van der Waals surface area contributed by atoms with Crippen molar-refractivity contribution in [3.8, 4) is 0 Å². The highest BCUT2D eigenvalue weighted by Crippen LogP contribution is 2.20. The fraction of sp³-hybridized carbons (Fsp3) is 0.650. The van der Waals surface area contributed by atoms with Crippen LogP contribution in [0.2, 0.25) is 0 Å². The minimum Gasteiger partial charge on any atom is -0.380 e. The zero-order chi connectivity index (χ0) is 18.4. The highest BCUT2D eigenvalue weighted by atomic mass is 127. The average molecular weight is 490 g/mol. The summed E-state index contributed by atoms with van der Waals surface area (Å²) in [6.07, 6.45) is 3.87. The molecule has 1 unspecified atom stereocenters. The SMILES string of the molecule is CCNC(=NCc1ccc(F)c(COC)c1)N1CCC(N2CCCC2)C1.I. The van der Waals surface area contributed by atoms with Gasteiger partial charge in [0.15, 0.2) is 5.96 Å². The second-order valence-corrected chi connectivity index (χ2v) is 7.16. The topological polar surface area (TPSA) is 40.1 Å². The minimum atomic E-state index is -0.223. The van der Waals surface area contributed by atoms with Gasteiger partial charge in [-0.2, -0.15) is 0 Å². The first-order valence-electron chi connectivity index (χ1n) is 9.74. The molecule has 7 heteroatoms. The number of aliphatic imine (C=N–C) groups is 1. The highest BCUT2D eigenvalue weighted by Gasteiger charge is 2.30. The summed E-state index contributed by atoms with van der Waals surface area (Å²) in [6, 6.07) is 5.81. The molecule has 0 amide bonds. The van der Waals surface area contributed by atoms with E-state index in [0.29, 0.717) is 18.2 Å². The summed E-state index contributed by atoms with van der Waals surface area (Å²) < 4.78 is 18.8. The van der Waals surface area contributed by atoms with Gasteiger partial charge in [-0.05, 0) is 57.0 Å². The predicted molar refractivity (Wildman–Crippen MR) is 118 cm³/mol. The molecule has 3 rings (SSSR count). The van der Waals surface area contributed by atoms with E-state index in [2.05, 4.69) is 22.0 Å². The van der Waals surface area contributed by atoms with E-state index in [0.717, 1.165) is 31.2 Å². The Morgan fingerprint density at radius 1 is 1.30 bits per heavy atom. The van der Waals surface area contributed by atoms with Crippen LogP contribution in [0.25, 0.3) is 0 Å². The molecule has 0 radical (unpaired) electrons. The molecule has 0 aromatic heterocycles. The highest BCUT2D eigenvalue weighted by molar-refractivity contribution is 14.0. The van der Waals surface area contributed by atoms with Gasteiger partial charge in [0.05, 0.1) is 13.2 Å². The Morgan fingerprint density at radius 3 is 2.78 bits per heavy atom. The Bertz CT molecular complexity index is 622. The zero-order valence-electron chi connectivity index (χ0n) is 16.4. The summed E-state index contributed by atoms with van der Waals surface area (Å²) in [7, 11) is 1.58. The number of hydrogen-bond donors (Lipinski definition) is 1. The molecule has 0 spiro atoms. The zero-order valence-corrected chi connectivity index (χ0v) is 18.7. The number of hydrogen-bond acceptors (Lipinski definition) is 3. The summed E-state index contributed by atoms with van der Waals surface area (Å²) in [5, 5.41) is 3.42. The van der Waals surface area contributed by atoms with Gasteiger partial charge in [-0.1, -0.05) is 6.07 Å². The Hall–Kier alpha value is -0.930. The van der Waals surface area contributed by atoms with Crippen molar-refractivity contribution >= 4 is 29.9 Å². The van der Waals surface area contributed by atoms with E-state index < -0.39 is 0 Å². The van der Waals surface area contributed by atoms with Crippen molar-refractivity contribution in [1.29, 1.82) is 0 Å². The summed E-state index contributed by atoms with van der Waals surface area (Å²) in [6.45, 7) is 8.35. The largest absolute Gasteiger partial charge is 0.380 e. The van der Waals surface area contributed by atoms with Gasteiger partial charge in [0, 0.05) is 38.3 Å². The van der Waals surface area contributed by atoms with Crippen molar-refractivity contribution in [2.24, 2.45) is 4.99 Å². The van der Waals surface area contributed by atoms with Crippen molar-refractivity contribution < 1.29 is 9.13 Å². The molecule has 1 aromatic rings. The molecule has 1 atom stereocenters. The van der Waals surface area contributed by atoms with Gasteiger partial charge >= 0.3 is 0 Å². The standard InChI is InChI=1S/C20H31FN4O.HI/c1-3-22-20(25-11-8-18(14-25)24-9-4-5-10-24)23-13-16-6-7-19(21)17(12-16)15-26-2;/h6-7,12,18H,3-5,8-11,13-15H2,1-2H3,(H,22,23);1H. The van der Waals surface area contributed by atoms with E-state index in [1.165, 1.54) is 38.4 Å². The number of methoxy groups -OCH3 is 1. The molecule has 27 heavy (non-hydrogen) atoms. The molecule has 5 nitrogen and oxygen atoms in total. The number of guanidine groups is 1. The normalized spacial score (nSPS) is 20.8. The number of benzene rings is 1. The second-order valence-electron chi connectivity index (χ2n) is 7.16. The summed E-state index contributed by atoms with van der Waals surface area (Å²) in [5.41, 5.74) is 1.59. The Morgan fingerprint density at radius 2 is 2.07 bits per heavy atom. The van der Waals surface area contributed by atoms with Crippen LogP contribution in [0.15, 0.2) is 23.2 Å². The van der Waals surface area contributed by atoms with E-state index >= 15 is 0 Å². The van der Waals surface area contributed by atoms with Gasteiger partial charge in [-0.25, -0.2) is 9.38 Å². The Balaban J connectivity index is 0.00000261. The molecule has 2 fully saturated rings. The van der Waals surface area contributed by atoms with E-state index in [4.69, 9.17) is 9.73 Å². The van der Waals surface area contributed by atoms with E-state index in [9.17, 15) is 4.39 Å². The maximum Gasteiger partial charge on any atom is 0.194 e. The van der Waals surface area contributed by atoms with Crippen LogP contribution in [0.1, 0.15) is 37.3 Å². The molecule has 0 bridgehead atoms. The third kappa shape index (κ3) is 6.02. The molecule has 2 saturated heterocycles. The predicted octanol–water partition coefficient (Wildman–Crippen LogP) is 3.23. The van der Waals surface area contributed by atoms with Crippen LogP contribution >= 0.6 is 24.0 Å². The average Bonchev–Trinajstić information content (AvgIpc) is 3.32. The molecule has 2 aliphatic rings. The van der Waals surface area contributed by atoms with Crippen molar-refractivity contribution in [3.63, 3.8) is 0 Å². The van der Waals surface area contributed by atoms with Gasteiger partial charge in [-0.15, -0.1) is 24.0 Å². The Kier molecular flexibility index (Phi) is 9.25. The number of nitrogens with zero attached hydrogens (tertiary/aromatic N) is 3. The van der Waals surface area contributed by atoms with Gasteiger partial charge in [0.25, 0.3) is 0 Å². The van der Waals surface area contributed by atoms with Crippen LogP contribution in [-0.4, -0.2) is 61.6 Å². The van der Waals surface area contributed by atoms with Crippen molar-refractivity contribution in [3.05, 3.63) is 35.1 Å². The molecule has 0 saturated carbocycles. The van der Waals surface area contributed by atoms with Gasteiger partial charge in [0.2, 0.25) is 0 Å². The van der Waals surface area contributed by atoms with E-state index in [-0.39, 0.29) is 36.4 Å². The van der Waals surface area contributed by atoms with Crippen LogP contribution in [-0.2, 0) is 17.9 Å². The monoisotopic (exact) mass is 490 g/mol. The van der Waals surface area contributed by atoms with Crippen LogP contribution in [0.3, 0.4) is 0 Å². The molecule has 0 aliphatic carbocycles. The first-order valence-corrected chi connectivity index (χ1v) is 9.74. The van der Waals surface area contributed by atoms with E-state index in [1.807, 2.05) is 6.07 Å². The first-order chi connectivity index (χ1) is 12.7. The summed E-state index contributed by atoms with van der Waals surface area (Å²) in [5.74, 6) is 0.742. The fourth-order valence-electron chi connectivity index (χ4n) is 3.92. The van der Waals surface area contributed by atoms with Crippen LogP contribution in [0.4, 0.5) is 4.39 Å². The third-order valence-electron chi connectivity index (χ3n) is 5.28. The lowest BCUT2D eigenvalue weighted by Crippen LogP contribution is -2.42. The van der Waals surface area contributed by atoms with Crippen LogP contribution in [0.5, 0.6) is 0 Å². The van der Waals surface area contributed by atoms with Crippen molar-refractivity contribution in [2.75, 3.05) is 39.8 Å². The van der Waals surface area contributed by atoms with Gasteiger partial charge < -0.3 is 15.0 Å². The maximum atomic E-state index is 13.8. The fourth-order valence-corrected chi connectivity index (χ4v) is 3.92.